The first kappa shape index (κ1) is 12.2. The van der Waals surface area contributed by atoms with E-state index in [-0.39, 0.29) is 17.2 Å². The summed E-state index contributed by atoms with van der Waals surface area (Å²) in [6.45, 7) is 5.28. The Kier molecular flexibility index (Phi) is 3.18. The van der Waals surface area contributed by atoms with Crippen LogP contribution in [0.3, 0.4) is 0 Å². The Balaban J connectivity index is 2.56. The lowest BCUT2D eigenvalue weighted by Gasteiger charge is -2.43. The topological polar surface area (TPSA) is 3.24 Å². The van der Waals surface area contributed by atoms with Crippen molar-refractivity contribution in [3.05, 3.63) is 65.7 Å². The number of hydrogen-bond donors (Lipinski definition) is 0. The first-order valence-corrected chi connectivity index (χ1v) is 9.09. The molecule has 0 aromatic heterocycles. The molecular formula is C25H31N. The summed E-state index contributed by atoms with van der Waals surface area (Å²) >= 11 is 0. The van der Waals surface area contributed by atoms with Gasteiger partial charge in [0.15, 0.2) is 0 Å². The van der Waals surface area contributed by atoms with Crippen LogP contribution >= 0.6 is 0 Å². The minimum atomic E-state index is -2.48. The van der Waals surface area contributed by atoms with Crippen molar-refractivity contribution in [1.82, 2.24) is 0 Å². The zero-order chi connectivity index (χ0) is 24.1. The standard InChI is InChI=1S/C25H31N/c1-17(2)26(25(5,6)7)24-19(4)15-18(3)16-23(24)22-14-10-12-20-11-8-9-13-21(20)22/h8-17H,1-7H3/i3D3,4D3. The third-order valence-electron chi connectivity index (χ3n) is 4.67. The van der Waals surface area contributed by atoms with Crippen molar-refractivity contribution >= 4 is 16.5 Å². The summed E-state index contributed by atoms with van der Waals surface area (Å²) in [6.07, 6.45) is 0. The maximum atomic E-state index is 8.30. The second kappa shape index (κ2) is 6.79. The monoisotopic (exact) mass is 351 g/mol. The smallest absolute Gasteiger partial charge is 0.0482 e. The fourth-order valence-corrected chi connectivity index (χ4v) is 3.93. The number of benzene rings is 3. The highest BCUT2D eigenvalue weighted by atomic mass is 15.2. The minimum Gasteiger partial charge on any atom is -0.364 e. The van der Waals surface area contributed by atoms with E-state index in [4.69, 9.17) is 8.22 Å². The normalized spacial score (nSPS) is 16.4. The molecular weight excluding hydrogens is 314 g/mol. The van der Waals surface area contributed by atoms with E-state index < -0.39 is 19.2 Å². The van der Waals surface area contributed by atoms with E-state index in [0.717, 1.165) is 16.3 Å². The van der Waals surface area contributed by atoms with E-state index in [0.29, 0.717) is 11.3 Å². The molecule has 3 aromatic rings. The van der Waals surface area contributed by atoms with Crippen LogP contribution in [-0.2, 0) is 0 Å². The molecule has 1 nitrogen and oxygen atoms in total. The van der Waals surface area contributed by atoms with Gasteiger partial charge in [-0.05, 0) is 76.3 Å². The second-order valence-corrected chi connectivity index (χ2v) is 8.08. The van der Waals surface area contributed by atoms with E-state index in [1.165, 1.54) is 6.07 Å². The van der Waals surface area contributed by atoms with Gasteiger partial charge in [0.05, 0.1) is 0 Å². The molecule has 3 rings (SSSR count). The Morgan fingerprint density at radius 1 is 0.885 bits per heavy atom. The predicted octanol–water partition coefficient (Wildman–Crippen LogP) is 7.14. The summed E-state index contributed by atoms with van der Waals surface area (Å²) in [5, 5.41) is 1.96. The summed E-state index contributed by atoms with van der Waals surface area (Å²) in [5.41, 5.74) is 1.73. The molecule has 1 heteroatoms. The van der Waals surface area contributed by atoms with Crippen LogP contribution in [0, 0.1) is 13.7 Å². The van der Waals surface area contributed by atoms with Crippen LogP contribution in [0.25, 0.3) is 21.9 Å². The van der Waals surface area contributed by atoms with E-state index in [2.05, 4.69) is 4.90 Å². The summed E-state index contributed by atoms with van der Waals surface area (Å²) in [7, 11) is 0. The molecule has 0 spiro atoms. The fourth-order valence-electron chi connectivity index (χ4n) is 3.93. The van der Waals surface area contributed by atoms with Crippen LogP contribution in [0.5, 0.6) is 0 Å². The largest absolute Gasteiger partial charge is 0.364 e. The van der Waals surface area contributed by atoms with Crippen LogP contribution in [0.4, 0.5) is 5.69 Å². The molecule has 26 heavy (non-hydrogen) atoms. The van der Waals surface area contributed by atoms with Crippen LogP contribution in [0.1, 0.15) is 54.0 Å². The molecule has 0 radical (unpaired) electrons. The van der Waals surface area contributed by atoms with E-state index in [1.54, 1.807) is 6.07 Å². The summed E-state index contributed by atoms with van der Waals surface area (Å²) < 4.78 is 48.9. The molecule has 0 unspecified atom stereocenters. The van der Waals surface area contributed by atoms with E-state index in [9.17, 15) is 0 Å². The molecule has 0 aliphatic rings. The Morgan fingerprint density at radius 2 is 1.62 bits per heavy atom. The first-order chi connectivity index (χ1) is 14.6. The van der Waals surface area contributed by atoms with Gasteiger partial charge in [-0.25, -0.2) is 0 Å². The number of rotatable bonds is 3. The highest BCUT2D eigenvalue weighted by Crippen LogP contribution is 2.41. The molecule has 0 saturated heterocycles. The van der Waals surface area contributed by atoms with Crippen molar-refractivity contribution in [2.45, 2.75) is 59.9 Å². The number of nitrogens with zero attached hydrogens (tertiary/aromatic N) is 1. The molecule has 0 saturated carbocycles. The second-order valence-electron chi connectivity index (χ2n) is 8.08. The Labute approximate surface area is 167 Å². The van der Waals surface area contributed by atoms with Crippen LogP contribution in [0.2, 0.25) is 0 Å². The van der Waals surface area contributed by atoms with Gasteiger partial charge in [0.1, 0.15) is 0 Å². The van der Waals surface area contributed by atoms with Gasteiger partial charge >= 0.3 is 0 Å². The Hall–Kier alpha value is -2.28. The lowest BCUT2D eigenvalue weighted by atomic mass is 9.90. The van der Waals surface area contributed by atoms with Gasteiger partial charge in [0, 0.05) is 31.1 Å². The third-order valence-corrected chi connectivity index (χ3v) is 4.67. The molecule has 0 aliphatic heterocycles. The number of hydrogen-bond acceptors (Lipinski definition) is 1. The van der Waals surface area contributed by atoms with Gasteiger partial charge in [0.2, 0.25) is 0 Å². The SMILES string of the molecule is [2H]C([2H])([2H])c1cc(-c2cccc3ccccc23)c(N(C(C)C)C(C)(C)C)c(C([2H])([2H])[2H])c1. The summed E-state index contributed by atoms with van der Waals surface area (Å²) in [5.74, 6) is 0. The molecule has 3 aromatic carbocycles. The average molecular weight is 352 g/mol. The van der Waals surface area contributed by atoms with Crippen molar-refractivity contribution in [3.8, 4) is 11.1 Å². The average Bonchev–Trinajstić information content (AvgIpc) is 2.64. The van der Waals surface area contributed by atoms with Crippen molar-refractivity contribution in [2.75, 3.05) is 4.90 Å². The Bertz CT molecular complexity index is 1110. The van der Waals surface area contributed by atoms with Crippen LogP contribution in [-0.4, -0.2) is 11.6 Å². The number of anilines is 1. The Morgan fingerprint density at radius 3 is 2.27 bits per heavy atom. The van der Waals surface area contributed by atoms with Gasteiger partial charge in [-0.1, -0.05) is 54.1 Å². The predicted molar refractivity (Wildman–Crippen MR) is 116 cm³/mol. The molecule has 0 aliphatic carbocycles. The third kappa shape index (κ3) is 3.35. The zero-order valence-electron chi connectivity index (χ0n) is 22.2. The van der Waals surface area contributed by atoms with Crippen molar-refractivity contribution < 1.29 is 8.22 Å². The van der Waals surface area contributed by atoms with E-state index in [1.807, 2.05) is 77.1 Å². The van der Waals surface area contributed by atoms with Gasteiger partial charge < -0.3 is 4.90 Å². The van der Waals surface area contributed by atoms with Gasteiger partial charge in [-0.3, -0.25) is 0 Å². The first-order valence-electron chi connectivity index (χ1n) is 12.1. The number of aryl methyl sites for hydroxylation is 2. The zero-order valence-corrected chi connectivity index (χ0v) is 16.2. The molecule has 0 bridgehead atoms. The minimum absolute atomic E-state index is 0.0107. The highest BCUT2D eigenvalue weighted by Gasteiger charge is 2.28. The van der Waals surface area contributed by atoms with Gasteiger partial charge in [-0.15, -0.1) is 0 Å². The van der Waals surface area contributed by atoms with Crippen molar-refractivity contribution in [2.24, 2.45) is 0 Å². The summed E-state index contributed by atoms with van der Waals surface area (Å²) in [6, 6.07) is 16.7. The van der Waals surface area contributed by atoms with Gasteiger partial charge in [-0.2, -0.15) is 0 Å². The molecule has 0 amide bonds. The van der Waals surface area contributed by atoms with Crippen LogP contribution < -0.4 is 4.90 Å². The highest BCUT2D eigenvalue weighted by molar-refractivity contribution is 6.00. The van der Waals surface area contributed by atoms with E-state index >= 15 is 0 Å². The lowest BCUT2D eigenvalue weighted by molar-refractivity contribution is 0.465. The molecule has 136 valence electrons. The molecule has 0 fully saturated rings. The lowest BCUT2D eigenvalue weighted by Crippen LogP contribution is -2.46. The molecule has 0 heterocycles. The maximum Gasteiger partial charge on any atom is 0.0482 e. The fraction of sp³-hybridized carbons (Fsp3) is 0.360. The molecule has 0 N–H and O–H groups in total. The van der Waals surface area contributed by atoms with Crippen molar-refractivity contribution in [1.29, 1.82) is 0 Å². The quantitative estimate of drug-likeness (QED) is 0.485. The van der Waals surface area contributed by atoms with Gasteiger partial charge in [0.25, 0.3) is 0 Å². The molecule has 0 atom stereocenters. The maximum absolute atomic E-state index is 8.30. The van der Waals surface area contributed by atoms with Crippen LogP contribution in [0.15, 0.2) is 54.6 Å². The van der Waals surface area contributed by atoms with Crippen molar-refractivity contribution in [3.63, 3.8) is 0 Å². The number of fused-ring (bicyclic) bond motifs is 1. The summed E-state index contributed by atoms with van der Waals surface area (Å²) in [4.78, 5) is 2.09.